The van der Waals surface area contributed by atoms with Crippen molar-refractivity contribution >= 4 is 17.9 Å². The number of rotatable bonds is 56. The molecule has 6 nitrogen and oxygen atoms in total. The second-order valence-electron chi connectivity index (χ2n) is 20.6. The maximum atomic E-state index is 12.9. The van der Waals surface area contributed by atoms with Gasteiger partial charge in [-0.3, -0.25) is 14.4 Å². The van der Waals surface area contributed by atoms with E-state index < -0.39 is 6.10 Å². The number of ether oxygens (including phenoxy) is 3. The minimum absolute atomic E-state index is 0.0713. The third kappa shape index (κ3) is 54.8. The van der Waals surface area contributed by atoms with Gasteiger partial charge in [0, 0.05) is 19.3 Å². The quantitative estimate of drug-likeness (QED) is 0.0262. The molecule has 0 amide bonds. The smallest absolute Gasteiger partial charge is 0.306 e. The van der Waals surface area contributed by atoms with Gasteiger partial charge in [0.25, 0.3) is 0 Å². The Morgan fingerprint density at radius 3 is 0.838 bits per heavy atom. The van der Waals surface area contributed by atoms with Crippen LogP contribution < -0.4 is 0 Å². The average molecular weight is 958 g/mol. The van der Waals surface area contributed by atoms with E-state index >= 15 is 0 Å². The third-order valence-corrected chi connectivity index (χ3v) is 13.7. The van der Waals surface area contributed by atoms with Gasteiger partial charge in [-0.25, -0.2) is 0 Å². The second kappa shape index (κ2) is 57.5. The molecule has 0 aliphatic carbocycles. The largest absolute Gasteiger partial charge is 0.462 e. The lowest BCUT2D eigenvalue weighted by Gasteiger charge is -2.18. The molecule has 0 aromatic carbocycles. The van der Waals surface area contributed by atoms with E-state index in [1.165, 1.54) is 218 Å². The van der Waals surface area contributed by atoms with E-state index in [2.05, 4.69) is 45.1 Å². The molecule has 0 aliphatic rings. The van der Waals surface area contributed by atoms with E-state index in [4.69, 9.17) is 14.2 Å². The fraction of sp³-hybridized carbons (Fsp3) is 0.887. The molecule has 0 bridgehead atoms. The first kappa shape index (κ1) is 65.9. The van der Waals surface area contributed by atoms with Crippen LogP contribution in [0.1, 0.15) is 335 Å². The van der Waals surface area contributed by atoms with Crippen molar-refractivity contribution in [1.29, 1.82) is 0 Å². The normalized spacial score (nSPS) is 12.1. The summed E-state index contributed by atoms with van der Waals surface area (Å²) in [7, 11) is 0. The summed E-state index contributed by atoms with van der Waals surface area (Å²) in [6, 6.07) is 0. The Kier molecular flexibility index (Phi) is 55.7. The molecular weight excluding hydrogens is 841 g/mol. The van der Waals surface area contributed by atoms with Crippen LogP contribution in [0.5, 0.6) is 0 Å². The first-order valence-corrected chi connectivity index (χ1v) is 30.3. The summed E-state index contributed by atoms with van der Waals surface area (Å²) in [5.41, 5.74) is 0. The lowest BCUT2D eigenvalue weighted by molar-refractivity contribution is -0.167. The highest BCUT2D eigenvalue weighted by atomic mass is 16.6. The monoisotopic (exact) mass is 957 g/mol. The molecule has 0 radical (unpaired) electrons. The lowest BCUT2D eigenvalue weighted by Crippen LogP contribution is -2.30. The number of unbranched alkanes of at least 4 members (excludes halogenated alkanes) is 41. The molecule has 0 N–H and O–H groups in total. The first-order chi connectivity index (χ1) is 33.5. The molecule has 68 heavy (non-hydrogen) atoms. The van der Waals surface area contributed by atoms with Gasteiger partial charge in [0.05, 0.1) is 0 Å². The van der Waals surface area contributed by atoms with Gasteiger partial charge in [-0.15, -0.1) is 0 Å². The minimum atomic E-state index is -0.774. The number of hydrogen-bond acceptors (Lipinski definition) is 6. The van der Waals surface area contributed by atoms with Gasteiger partial charge in [-0.05, 0) is 51.4 Å². The first-order valence-electron chi connectivity index (χ1n) is 30.3. The van der Waals surface area contributed by atoms with Crippen molar-refractivity contribution in [3.63, 3.8) is 0 Å². The molecule has 6 heteroatoms. The fourth-order valence-corrected chi connectivity index (χ4v) is 9.12. The molecule has 0 saturated heterocycles. The van der Waals surface area contributed by atoms with Crippen molar-refractivity contribution in [3.05, 3.63) is 24.3 Å². The van der Waals surface area contributed by atoms with Crippen LogP contribution in [0.3, 0.4) is 0 Å². The summed E-state index contributed by atoms with van der Waals surface area (Å²) in [5, 5.41) is 0. The lowest BCUT2D eigenvalue weighted by atomic mass is 10.0. The van der Waals surface area contributed by atoms with Crippen LogP contribution in [0, 0.1) is 0 Å². The Bertz CT molecular complexity index is 1100. The predicted octanol–water partition coefficient (Wildman–Crippen LogP) is 20.3. The van der Waals surface area contributed by atoms with Gasteiger partial charge in [0.2, 0.25) is 0 Å². The highest BCUT2D eigenvalue weighted by molar-refractivity contribution is 5.71. The van der Waals surface area contributed by atoms with Crippen LogP contribution in [0.4, 0.5) is 0 Å². The zero-order valence-electron chi connectivity index (χ0n) is 45.9. The number of carbonyl (C=O) groups excluding carboxylic acids is 3. The number of esters is 3. The van der Waals surface area contributed by atoms with Crippen LogP contribution in [-0.4, -0.2) is 37.2 Å². The molecule has 0 saturated carbocycles. The van der Waals surface area contributed by atoms with Crippen LogP contribution in [0.25, 0.3) is 0 Å². The van der Waals surface area contributed by atoms with E-state index in [1.54, 1.807) is 0 Å². The summed E-state index contributed by atoms with van der Waals surface area (Å²) >= 11 is 0. The third-order valence-electron chi connectivity index (χ3n) is 13.7. The van der Waals surface area contributed by atoms with Crippen molar-refractivity contribution in [1.82, 2.24) is 0 Å². The highest BCUT2D eigenvalue weighted by Gasteiger charge is 2.19. The van der Waals surface area contributed by atoms with Crippen molar-refractivity contribution in [3.8, 4) is 0 Å². The zero-order chi connectivity index (χ0) is 49.3. The maximum Gasteiger partial charge on any atom is 0.306 e. The van der Waals surface area contributed by atoms with Gasteiger partial charge in [0.1, 0.15) is 13.2 Å². The van der Waals surface area contributed by atoms with Gasteiger partial charge in [-0.2, -0.15) is 0 Å². The van der Waals surface area contributed by atoms with Crippen LogP contribution in [0.2, 0.25) is 0 Å². The second-order valence-corrected chi connectivity index (χ2v) is 20.6. The highest BCUT2D eigenvalue weighted by Crippen LogP contribution is 2.17. The number of allylic oxidation sites excluding steroid dienone is 4. The molecule has 0 aromatic rings. The van der Waals surface area contributed by atoms with E-state index in [9.17, 15) is 14.4 Å². The topological polar surface area (TPSA) is 78.9 Å². The fourth-order valence-electron chi connectivity index (χ4n) is 9.12. The maximum absolute atomic E-state index is 12.9. The van der Waals surface area contributed by atoms with Crippen LogP contribution in [-0.2, 0) is 28.6 Å². The molecule has 0 fully saturated rings. The summed E-state index contributed by atoms with van der Waals surface area (Å²) in [6.45, 7) is 6.66. The molecule has 1 unspecified atom stereocenters. The summed E-state index contributed by atoms with van der Waals surface area (Å²) in [5.74, 6) is -0.861. The standard InChI is InChI=1S/C62H116O6/c1-4-7-10-13-16-19-22-25-28-29-30-31-32-33-35-37-40-43-46-49-52-55-61(64)67-58-59(57-66-60(63)54-51-48-45-42-39-36-27-24-21-18-15-12-9-6-3)68-62(65)56-53-50-47-44-41-38-34-26-23-20-17-14-11-8-5-2/h17,20,26,34,59H,4-16,18-19,21-25,27-33,35-58H2,1-3H3/b20-17-,34-26-. The molecule has 0 heterocycles. The van der Waals surface area contributed by atoms with Crippen molar-refractivity contribution < 1.29 is 28.6 Å². The molecular formula is C62H116O6. The average Bonchev–Trinajstić information content (AvgIpc) is 3.34. The van der Waals surface area contributed by atoms with Crippen molar-refractivity contribution in [2.45, 2.75) is 341 Å². The van der Waals surface area contributed by atoms with Gasteiger partial charge >= 0.3 is 17.9 Å². The zero-order valence-corrected chi connectivity index (χ0v) is 45.9. The van der Waals surface area contributed by atoms with E-state index in [0.717, 1.165) is 77.0 Å². The van der Waals surface area contributed by atoms with Crippen LogP contribution >= 0.6 is 0 Å². The van der Waals surface area contributed by atoms with E-state index in [1.807, 2.05) is 0 Å². The molecule has 0 aliphatic heterocycles. The van der Waals surface area contributed by atoms with Gasteiger partial charge in [-0.1, -0.05) is 289 Å². The Balaban J connectivity index is 4.28. The Morgan fingerprint density at radius 2 is 0.529 bits per heavy atom. The molecule has 0 spiro atoms. The Hall–Kier alpha value is -2.11. The number of carbonyl (C=O) groups is 3. The SMILES string of the molecule is CCCCC/C=C\C/C=C\CCCCCCCC(=O)OC(COC(=O)CCCCCCCCCCCCCCCC)COC(=O)CCCCCCCCCCCCCCCCCCCCCCC. The van der Waals surface area contributed by atoms with Crippen molar-refractivity contribution in [2.75, 3.05) is 13.2 Å². The van der Waals surface area contributed by atoms with E-state index in [-0.39, 0.29) is 31.1 Å². The summed E-state index contributed by atoms with van der Waals surface area (Å²) in [6.07, 6.45) is 67.5. The summed E-state index contributed by atoms with van der Waals surface area (Å²) in [4.78, 5) is 38.2. The number of hydrogen-bond donors (Lipinski definition) is 0. The van der Waals surface area contributed by atoms with Gasteiger partial charge in [0.15, 0.2) is 6.10 Å². The molecule has 0 aromatic heterocycles. The van der Waals surface area contributed by atoms with Gasteiger partial charge < -0.3 is 14.2 Å². The minimum Gasteiger partial charge on any atom is -0.462 e. The summed E-state index contributed by atoms with van der Waals surface area (Å²) < 4.78 is 16.9. The molecule has 1 atom stereocenters. The molecule has 0 rings (SSSR count). The predicted molar refractivity (Wildman–Crippen MR) is 293 cm³/mol. The van der Waals surface area contributed by atoms with Crippen molar-refractivity contribution in [2.24, 2.45) is 0 Å². The Morgan fingerprint density at radius 1 is 0.294 bits per heavy atom. The van der Waals surface area contributed by atoms with E-state index in [0.29, 0.717) is 19.3 Å². The van der Waals surface area contributed by atoms with Crippen LogP contribution in [0.15, 0.2) is 24.3 Å². The molecule has 400 valence electrons. The Labute approximate surface area is 423 Å².